The third-order valence-electron chi connectivity index (χ3n) is 4.75. The fourth-order valence-electron chi connectivity index (χ4n) is 3.34. The lowest BCUT2D eigenvalue weighted by Gasteiger charge is -2.31. The predicted molar refractivity (Wildman–Crippen MR) is 91.6 cm³/mol. The first-order chi connectivity index (χ1) is 12.7. The summed E-state index contributed by atoms with van der Waals surface area (Å²) in [4.78, 5) is 25.6. The number of hydrogen-bond acceptors (Lipinski definition) is 3. The van der Waals surface area contributed by atoms with Crippen LogP contribution in [0.2, 0.25) is 0 Å². The maximum Gasteiger partial charge on any atom is 0.435 e. The van der Waals surface area contributed by atoms with Gasteiger partial charge in [-0.1, -0.05) is 12.1 Å². The lowest BCUT2D eigenvalue weighted by molar-refractivity contribution is -0.140. The number of carbonyl (C=O) groups is 2. The largest absolute Gasteiger partial charge is 0.435 e. The van der Waals surface area contributed by atoms with Crippen molar-refractivity contribution in [2.75, 3.05) is 13.1 Å². The first-order valence-corrected chi connectivity index (χ1v) is 8.49. The topological polar surface area (TPSA) is 92.1 Å². The number of amides is 2. The molecule has 0 aliphatic carbocycles. The molecule has 1 fully saturated rings. The molecule has 1 aliphatic heterocycles. The molecule has 2 amide bonds. The Labute approximate surface area is 153 Å². The van der Waals surface area contributed by atoms with Crippen molar-refractivity contribution in [1.29, 1.82) is 0 Å². The Hall–Kier alpha value is -2.84. The number of H-pyrrole nitrogens is 1. The maximum atomic E-state index is 13.1. The first kappa shape index (κ1) is 18.9. The molecule has 1 saturated heterocycles. The number of aromatic amines is 1. The van der Waals surface area contributed by atoms with Gasteiger partial charge in [-0.05, 0) is 37.5 Å². The quantitative estimate of drug-likeness (QED) is 0.858. The molecule has 3 rings (SSSR count). The molecule has 1 aromatic carbocycles. The van der Waals surface area contributed by atoms with Crippen molar-refractivity contribution in [1.82, 2.24) is 15.1 Å². The number of benzene rings is 1. The third-order valence-corrected chi connectivity index (χ3v) is 4.75. The van der Waals surface area contributed by atoms with Crippen LogP contribution in [0.5, 0.6) is 0 Å². The molecule has 1 atom stereocenters. The van der Waals surface area contributed by atoms with E-state index >= 15 is 0 Å². The van der Waals surface area contributed by atoms with Crippen molar-refractivity contribution in [3.63, 3.8) is 0 Å². The van der Waals surface area contributed by atoms with Crippen LogP contribution in [-0.2, 0) is 11.0 Å². The van der Waals surface area contributed by atoms with Gasteiger partial charge >= 0.3 is 6.18 Å². The summed E-state index contributed by atoms with van der Waals surface area (Å²) in [5.41, 5.74) is 5.26. The summed E-state index contributed by atoms with van der Waals surface area (Å²) < 4.78 is 39.4. The van der Waals surface area contributed by atoms with Crippen LogP contribution < -0.4 is 5.73 Å². The van der Waals surface area contributed by atoms with Crippen molar-refractivity contribution in [2.45, 2.75) is 25.9 Å². The number of primary amides is 1. The van der Waals surface area contributed by atoms with Gasteiger partial charge in [0.05, 0.1) is 5.92 Å². The molecule has 1 aromatic heterocycles. The zero-order valence-electron chi connectivity index (χ0n) is 14.6. The molecule has 0 saturated carbocycles. The van der Waals surface area contributed by atoms with E-state index in [2.05, 4.69) is 10.2 Å². The summed E-state index contributed by atoms with van der Waals surface area (Å²) in [6.07, 6.45) is -3.25. The van der Waals surface area contributed by atoms with E-state index in [0.29, 0.717) is 36.2 Å². The highest BCUT2D eigenvalue weighted by Crippen LogP contribution is 2.37. The zero-order chi connectivity index (χ0) is 19.8. The predicted octanol–water partition coefficient (Wildman–Crippen LogP) is 2.74. The van der Waals surface area contributed by atoms with Gasteiger partial charge in [-0.3, -0.25) is 14.7 Å². The van der Waals surface area contributed by atoms with Gasteiger partial charge in [-0.15, -0.1) is 0 Å². The third kappa shape index (κ3) is 3.81. The molecule has 3 N–H and O–H groups in total. The summed E-state index contributed by atoms with van der Waals surface area (Å²) in [7, 11) is 0. The van der Waals surface area contributed by atoms with E-state index in [1.165, 1.54) is 31.2 Å². The van der Waals surface area contributed by atoms with Gasteiger partial charge in [0, 0.05) is 29.9 Å². The summed E-state index contributed by atoms with van der Waals surface area (Å²) in [5, 5.41) is 5.71. The summed E-state index contributed by atoms with van der Waals surface area (Å²) in [5.74, 6) is -1.07. The molecule has 2 heterocycles. The number of halogens is 3. The Bertz CT molecular complexity index is 858. The van der Waals surface area contributed by atoms with Crippen molar-refractivity contribution in [2.24, 2.45) is 11.7 Å². The van der Waals surface area contributed by atoms with E-state index in [4.69, 9.17) is 5.73 Å². The first-order valence-electron chi connectivity index (χ1n) is 8.49. The molecule has 0 radical (unpaired) electrons. The number of hydrogen-bond donors (Lipinski definition) is 2. The van der Waals surface area contributed by atoms with Crippen molar-refractivity contribution in [3.05, 3.63) is 41.2 Å². The monoisotopic (exact) mass is 380 g/mol. The average molecular weight is 380 g/mol. The van der Waals surface area contributed by atoms with Crippen LogP contribution in [0, 0.1) is 12.8 Å². The number of aromatic nitrogens is 2. The van der Waals surface area contributed by atoms with Crippen LogP contribution in [0.4, 0.5) is 13.2 Å². The highest BCUT2D eigenvalue weighted by atomic mass is 19.4. The average Bonchev–Trinajstić information content (AvgIpc) is 3.03. The van der Waals surface area contributed by atoms with Gasteiger partial charge in [0.1, 0.15) is 0 Å². The summed E-state index contributed by atoms with van der Waals surface area (Å²) in [6, 6.07) is 5.90. The number of nitrogens with two attached hydrogens (primary N) is 1. The zero-order valence-corrected chi connectivity index (χ0v) is 14.6. The Morgan fingerprint density at radius 3 is 2.52 bits per heavy atom. The van der Waals surface area contributed by atoms with Gasteiger partial charge in [0.25, 0.3) is 5.91 Å². The van der Waals surface area contributed by atoms with Gasteiger partial charge in [0.15, 0.2) is 5.69 Å². The number of piperidine rings is 1. The van der Waals surface area contributed by atoms with Crippen LogP contribution in [0.15, 0.2) is 24.3 Å². The molecule has 27 heavy (non-hydrogen) atoms. The molecule has 0 unspecified atom stereocenters. The molecular formula is C18H19F3N4O2. The number of nitrogens with one attached hydrogen (secondary N) is 1. The number of nitrogens with zero attached hydrogens (tertiary/aromatic N) is 2. The fourth-order valence-corrected chi connectivity index (χ4v) is 3.34. The van der Waals surface area contributed by atoms with E-state index in [0.717, 1.165) is 0 Å². The lowest BCUT2D eigenvalue weighted by Crippen LogP contribution is -2.44. The minimum Gasteiger partial charge on any atom is -0.369 e. The summed E-state index contributed by atoms with van der Waals surface area (Å²) >= 11 is 0. The second-order valence-electron chi connectivity index (χ2n) is 6.64. The second kappa shape index (κ2) is 7.05. The van der Waals surface area contributed by atoms with Gasteiger partial charge in [-0.25, -0.2) is 0 Å². The SMILES string of the molecule is Cc1[nH]nc(C(F)(F)F)c1-c1ccc(C(=O)N2CCC[C@@H](C(N)=O)C2)cc1. The molecule has 0 spiro atoms. The van der Waals surface area contributed by atoms with Crippen LogP contribution in [0.25, 0.3) is 11.1 Å². The van der Waals surface area contributed by atoms with E-state index in [1.54, 1.807) is 4.90 Å². The number of aryl methyl sites for hydroxylation is 1. The molecule has 2 aromatic rings. The lowest BCUT2D eigenvalue weighted by atomic mass is 9.96. The second-order valence-corrected chi connectivity index (χ2v) is 6.64. The number of carbonyl (C=O) groups excluding carboxylic acids is 2. The van der Waals surface area contributed by atoms with Crippen LogP contribution in [0.3, 0.4) is 0 Å². The van der Waals surface area contributed by atoms with Crippen molar-refractivity contribution < 1.29 is 22.8 Å². The highest BCUT2D eigenvalue weighted by molar-refractivity contribution is 5.95. The fraction of sp³-hybridized carbons (Fsp3) is 0.389. The smallest absolute Gasteiger partial charge is 0.369 e. The molecule has 1 aliphatic rings. The summed E-state index contributed by atoms with van der Waals surface area (Å²) in [6.45, 7) is 2.28. The number of likely N-dealkylation sites (tertiary alicyclic amines) is 1. The van der Waals surface area contributed by atoms with Crippen LogP contribution in [0.1, 0.15) is 34.6 Å². The van der Waals surface area contributed by atoms with E-state index in [1.807, 2.05) is 0 Å². The molecule has 6 nitrogen and oxygen atoms in total. The van der Waals surface area contributed by atoms with Gasteiger partial charge < -0.3 is 10.6 Å². The Morgan fingerprint density at radius 1 is 1.26 bits per heavy atom. The van der Waals surface area contributed by atoms with Crippen molar-refractivity contribution in [3.8, 4) is 11.1 Å². The maximum absolute atomic E-state index is 13.1. The molecule has 144 valence electrons. The number of rotatable bonds is 3. The molecule has 9 heteroatoms. The van der Waals surface area contributed by atoms with Crippen molar-refractivity contribution >= 4 is 11.8 Å². The van der Waals surface area contributed by atoms with Gasteiger partial charge in [0.2, 0.25) is 5.91 Å². The Balaban J connectivity index is 1.83. The van der Waals surface area contributed by atoms with E-state index in [-0.39, 0.29) is 23.9 Å². The minimum absolute atomic E-state index is 0.0340. The van der Waals surface area contributed by atoms with Crippen LogP contribution >= 0.6 is 0 Å². The Kier molecular flexibility index (Phi) is 4.95. The molecular weight excluding hydrogens is 361 g/mol. The van der Waals surface area contributed by atoms with Gasteiger partial charge in [-0.2, -0.15) is 18.3 Å². The Morgan fingerprint density at radius 2 is 1.93 bits per heavy atom. The number of alkyl halides is 3. The minimum atomic E-state index is -4.58. The highest BCUT2D eigenvalue weighted by Gasteiger charge is 2.38. The van der Waals surface area contributed by atoms with E-state index in [9.17, 15) is 22.8 Å². The standard InChI is InChI=1S/C18H19F3N4O2/c1-10-14(15(24-23-10)18(19,20)21)11-4-6-12(7-5-11)17(27)25-8-2-3-13(9-25)16(22)26/h4-7,13H,2-3,8-9H2,1H3,(H2,22,26)(H,23,24)/t13-/m1/s1. The molecule has 0 bridgehead atoms. The normalized spacial score (nSPS) is 17.8. The van der Waals surface area contributed by atoms with E-state index < -0.39 is 17.8 Å². The van der Waals surface area contributed by atoms with Crippen LogP contribution in [-0.4, -0.2) is 40.0 Å².